The number of benzene rings is 1. The first-order valence-corrected chi connectivity index (χ1v) is 12.2. The molecule has 2 aliphatic rings. The van der Waals surface area contributed by atoms with E-state index in [2.05, 4.69) is 47.2 Å². The van der Waals surface area contributed by atoms with Gasteiger partial charge in [0.25, 0.3) is 0 Å². The first-order chi connectivity index (χ1) is 13.7. The number of carbonyl (C=O) groups excluding carboxylic acids is 1. The molecule has 1 aromatic carbocycles. The molecule has 4 nitrogen and oxygen atoms in total. The summed E-state index contributed by atoms with van der Waals surface area (Å²) in [4.78, 5) is 17.4. The van der Waals surface area contributed by atoms with Crippen LogP contribution in [-0.2, 0) is 16.1 Å². The van der Waals surface area contributed by atoms with Crippen LogP contribution in [0.5, 0.6) is 0 Å². The lowest BCUT2D eigenvalue weighted by molar-refractivity contribution is -0.133. The number of amides is 1. The Kier molecular flexibility index (Phi) is 8.68. The van der Waals surface area contributed by atoms with E-state index in [1.165, 1.54) is 24.0 Å². The molecule has 2 saturated heterocycles. The highest BCUT2D eigenvalue weighted by Crippen LogP contribution is 2.23. The van der Waals surface area contributed by atoms with E-state index in [4.69, 9.17) is 4.74 Å². The molecule has 2 heterocycles. The van der Waals surface area contributed by atoms with Gasteiger partial charge in [-0.3, -0.25) is 9.69 Å². The Balaban J connectivity index is 1.49. The molecule has 0 radical (unpaired) electrons. The first-order valence-electron chi connectivity index (χ1n) is 10.8. The van der Waals surface area contributed by atoms with Gasteiger partial charge in [0.15, 0.2) is 0 Å². The van der Waals surface area contributed by atoms with Crippen LogP contribution in [0.4, 0.5) is 0 Å². The van der Waals surface area contributed by atoms with Crippen molar-refractivity contribution < 1.29 is 9.53 Å². The smallest absolute Gasteiger partial charge is 0.223 e. The van der Waals surface area contributed by atoms with Crippen LogP contribution in [0.2, 0.25) is 0 Å². The van der Waals surface area contributed by atoms with Gasteiger partial charge in [0.2, 0.25) is 5.91 Å². The Morgan fingerprint density at radius 2 is 2.00 bits per heavy atom. The first kappa shape index (κ1) is 21.7. The maximum atomic E-state index is 12.8. The Morgan fingerprint density at radius 3 is 2.68 bits per heavy atom. The third-order valence-electron chi connectivity index (χ3n) is 6.16. The Morgan fingerprint density at radius 1 is 1.21 bits per heavy atom. The second-order valence-electron chi connectivity index (χ2n) is 8.32. The molecular formula is C23H36N2O2S. The maximum Gasteiger partial charge on any atom is 0.223 e. The topological polar surface area (TPSA) is 32.8 Å². The Hall–Kier alpha value is -1.04. The number of likely N-dealkylation sites (tertiary alicyclic amines) is 1. The van der Waals surface area contributed by atoms with Crippen molar-refractivity contribution in [3.05, 3.63) is 35.4 Å². The van der Waals surface area contributed by atoms with Gasteiger partial charge in [0.05, 0.1) is 6.10 Å². The van der Waals surface area contributed by atoms with E-state index >= 15 is 0 Å². The molecule has 5 heteroatoms. The van der Waals surface area contributed by atoms with Crippen LogP contribution in [-0.4, -0.2) is 66.6 Å². The zero-order chi connectivity index (χ0) is 19.8. The van der Waals surface area contributed by atoms with E-state index < -0.39 is 0 Å². The fourth-order valence-corrected chi connectivity index (χ4v) is 4.71. The minimum Gasteiger partial charge on any atom is -0.376 e. The summed E-state index contributed by atoms with van der Waals surface area (Å²) in [6.45, 7) is 8.06. The van der Waals surface area contributed by atoms with Gasteiger partial charge in [0, 0.05) is 38.4 Å². The fraction of sp³-hybridized carbons (Fsp3) is 0.696. The Labute approximate surface area is 175 Å². The molecule has 1 atom stereocenters. The quantitative estimate of drug-likeness (QED) is 0.623. The summed E-state index contributed by atoms with van der Waals surface area (Å²) >= 11 is 1.75. The number of rotatable bonds is 9. The lowest BCUT2D eigenvalue weighted by Crippen LogP contribution is -2.43. The highest BCUT2D eigenvalue weighted by Gasteiger charge is 2.27. The second kappa shape index (κ2) is 11.2. The highest BCUT2D eigenvalue weighted by molar-refractivity contribution is 7.98. The summed E-state index contributed by atoms with van der Waals surface area (Å²) in [5.41, 5.74) is 2.82. The summed E-state index contributed by atoms with van der Waals surface area (Å²) in [5.74, 6) is 1.84. The molecule has 0 bridgehead atoms. The lowest BCUT2D eigenvalue weighted by atomic mass is 9.95. The van der Waals surface area contributed by atoms with Crippen LogP contribution in [0.1, 0.15) is 43.2 Å². The van der Waals surface area contributed by atoms with Crippen molar-refractivity contribution >= 4 is 17.7 Å². The summed E-state index contributed by atoms with van der Waals surface area (Å²) in [7, 11) is 0. The van der Waals surface area contributed by atoms with Gasteiger partial charge in [0.1, 0.15) is 0 Å². The van der Waals surface area contributed by atoms with Crippen molar-refractivity contribution in [3.63, 3.8) is 0 Å². The standard InChI is InChI=1S/C23H36N2O2S/c1-19-6-3-4-7-21(19)17-24-12-9-20(10-13-24)16-25(23(26)11-15-28-2)18-22-8-5-14-27-22/h3-4,6-7,20,22H,5,8-18H2,1-2H3/t22-/m0/s1. The maximum absolute atomic E-state index is 12.8. The van der Waals surface area contributed by atoms with E-state index in [0.29, 0.717) is 18.2 Å². The van der Waals surface area contributed by atoms with E-state index in [0.717, 1.165) is 57.9 Å². The fourth-order valence-electron chi connectivity index (χ4n) is 4.33. The SMILES string of the molecule is CSCCC(=O)N(CC1CCN(Cc2ccccc2C)CC1)C[C@@H]1CCCO1. The second-order valence-corrected chi connectivity index (χ2v) is 9.31. The Bertz CT molecular complexity index is 610. The van der Waals surface area contributed by atoms with Gasteiger partial charge in [-0.15, -0.1) is 0 Å². The van der Waals surface area contributed by atoms with Crippen molar-refractivity contribution in [3.8, 4) is 0 Å². The molecule has 1 aromatic rings. The summed E-state index contributed by atoms with van der Waals surface area (Å²) in [5, 5.41) is 0. The predicted octanol–water partition coefficient (Wildman–Crippen LogP) is 3.97. The van der Waals surface area contributed by atoms with Crippen molar-refractivity contribution in [2.75, 3.05) is 44.8 Å². The molecule has 28 heavy (non-hydrogen) atoms. The zero-order valence-electron chi connectivity index (χ0n) is 17.6. The molecule has 2 aliphatic heterocycles. The predicted molar refractivity (Wildman–Crippen MR) is 118 cm³/mol. The average Bonchev–Trinajstić information content (AvgIpc) is 3.22. The van der Waals surface area contributed by atoms with Crippen LogP contribution >= 0.6 is 11.8 Å². The average molecular weight is 405 g/mol. The molecule has 3 rings (SSSR count). The van der Waals surface area contributed by atoms with Crippen molar-refractivity contribution in [1.29, 1.82) is 0 Å². The monoisotopic (exact) mass is 404 g/mol. The van der Waals surface area contributed by atoms with Crippen molar-refractivity contribution in [2.24, 2.45) is 5.92 Å². The number of nitrogens with zero attached hydrogens (tertiary/aromatic N) is 2. The summed E-state index contributed by atoms with van der Waals surface area (Å²) < 4.78 is 5.81. The summed E-state index contributed by atoms with van der Waals surface area (Å²) in [6.07, 6.45) is 7.57. The molecule has 0 spiro atoms. The number of ether oxygens (including phenoxy) is 1. The molecule has 0 unspecified atom stereocenters. The number of thioether (sulfide) groups is 1. The normalized spacial score (nSPS) is 21.1. The minimum atomic E-state index is 0.249. The van der Waals surface area contributed by atoms with Crippen LogP contribution < -0.4 is 0 Å². The van der Waals surface area contributed by atoms with Gasteiger partial charge in [-0.05, 0) is 69.0 Å². The van der Waals surface area contributed by atoms with Gasteiger partial charge in [-0.2, -0.15) is 11.8 Å². The minimum absolute atomic E-state index is 0.249. The van der Waals surface area contributed by atoms with E-state index in [1.807, 2.05) is 0 Å². The lowest BCUT2D eigenvalue weighted by Gasteiger charge is -2.36. The van der Waals surface area contributed by atoms with Crippen LogP contribution in [0.3, 0.4) is 0 Å². The third kappa shape index (κ3) is 6.50. The van der Waals surface area contributed by atoms with Crippen molar-refractivity contribution in [2.45, 2.75) is 51.7 Å². The molecule has 0 aromatic heterocycles. The number of aryl methyl sites for hydroxylation is 1. The molecule has 156 valence electrons. The van der Waals surface area contributed by atoms with Gasteiger partial charge >= 0.3 is 0 Å². The van der Waals surface area contributed by atoms with Crippen molar-refractivity contribution in [1.82, 2.24) is 9.80 Å². The zero-order valence-corrected chi connectivity index (χ0v) is 18.4. The molecule has 1 amide bonds. The van der Waals surface area contributed by atoms with E-state index in [9.17, 15) is 4.79 Å². The highest BCUT2D eigenvalue weighted by atomic mass is 32.2. The summed E-state index contributed by atoms with van der Waals surface area (Å²) in [6, 6.07) is 8.69. The number of hydrogen-bond acceptors (Lipinski definition) is 4. The van der Waals surface area contributed by atoms with Gasteiger partial charge in [-0.1, -0.05) is 24.3 Å². The van der Waals surface area contributed by atoms with E-state index in [-0.39, 0.29) is 6.10 Å². The number of hydrogen-bond donors (Lipinski definition) is 0. The number of carbonyl (C=O) groups is 1. The molecule has 0 saturated carbocycles. The van der Waals surface area contributed by atoms with Gasteiger partial charge < -0.3 is 9.64 Å². The van der Waals surface area contributed by atoms with Crippen LogP contribution in [0.15, 0.2) is 24.3 Å². The molecule has 2 fully saturated rings. The third-order valence-corrected chi connectivity index (χ3v) is 6.77. The van der Waals surface area contributed by atoms with Crippen LogP contribution in [0, 0.1) is 12.8 Å². The largest absolute Gasteiger partial charge is 0.376 e. The van der Waals surface area contributed by atoms with Gasteiger partial charge in [-0.25, -0.2) is 0 Å². The number of piperidine rings is 1. The van der Waals surface area contributed by atoms with Crippen LogP contribution in [0.25, 0.3) is 0 Å². The van der Waals surface area contributed by atoms with E-state index in [1.54, 1.807) is 11.8 Å². The molecule has 0 N–H and O–H groups in total. The molecule has 0 aliphatic carbocycles. The molecular weight excluding hydrogens is 368 g/mol.